The lowest BCUT2D eigenvalue weighted by Crippen LogP contribution is -2.20. The molecule has 0 unspecified atom stereocenters. The molecule has 3 heterocycles. The van der Waals surface area contributed by atoms with Crippen molar-refractivity contribution in [3.05, 3.63) is 47.5 Å². The van der Waals surface area contributed by atoms with Gasteiger partial charge < -0.3 is 0 Å². The van der Waals surface area contributed by atoms with Crippen LogP contribution in [0.3, 0.4) is 0 Å². The summed E-state index contributed by atoms with van der Waals surface area (Å²) >= 11 is 0. The van der Waals surface area contributed by atoms with Crippen LogP contribution in [-0.2, 0) is 16.2 Å². The molecule has 0 aliphatic heterocycles. The maximum absolute atomic E-state index is 5.23. The molecule has 0 amide bonds. The van der Waals surface area contributed by atoms with Gasteiger partial charge in [0.05, 0.1) is 22.7 Å². The summed E-state index contributed by atoms with van der Waals surface area (Å²) in [6.45, 7) is 19.9. The lowest BCUT2D eigenvalue weighted by molar-refractivity contribution is 0.540. The standard InChI is InChI=1S/C25H32N4/c1-23(2,3)16-12-10-11-15-20(16)28-22(25(7,8)9)29-18-14-26-19(24(4,5)6)13-17(18)27-21(15)29/h10-14H,1-9H3. The van der Waals surface area contributed by atoms with E-state index in [-0.39, 0.29) is 16.2 Å². The zero-order valence-electron chi connectivity index (χ0n) is 19.2. The van der Waals surface area contributed by atoms with E-state index in [1.165, 1.54) is 5.56 Å². The van der Waals surface area contributed by atoms with Crippen molar-refractivity contribution in [3.8, 4) is 0 Å². The summed E-state index contributed by atoms with van der Waals surface area (Å²) in [6.07, 6.45) is 1.96. The van der Waals surface area contributed by atoms with E-state index in [0.717, 1.165) is 39.1 Å². The Kier molecular flexibility index (Phi) is 4.10. The largest absolute Gasteiger partial charge is 0.278 e. The fourth-order valence-corrected chi connectivity index (χ4v) is 3.89. The quantitative estimate of drug-likeness (QED) is 0.354. The van der Waals surface area contributed by atoms with E-state index in [4.69, 9.17) is 15.0 Å². The van der Waals surface area contributed by atoms with Gasteiger partial charge in [0, 0.05) is 21.9 Å². The van der Waals surface area contributed by atoms with E-state index >= 15 is 0 Å². The van der Waals surface area contributed by atoms with Gasteiger partial charge in [0.2, 0.25) is 0 Å². The molecule has 0 bridgehead atoms. The Morgan fingerprint density at radius 3 is 2.07 bits per heavy atom. The summed E-state index contributed by atoms with van der Waals surface area (Å²) < 4.78 is 2.21. The Morgan fingerprint density at radius 1 is 0.793 bits per heavy atom. The number of benzene rings is 1. The summed E-state index contributed by atoms with van der Waals surface area (Å²) in [6, 6.07) is 8.59. The zero-order valence-corrected chi connectivity index (χ0v) is 19.2. The summed E-state index contributed by atoms with van der Waals surface area (Å²) in [4.78, 5) is 15.1. The molecule has 0 saturated heterocycles. The molecule has 0 saturated carbocycles. The number of para-hydroxylation sites is 1. The van der Waals surface area contributed by atoms with Gasteiger partial charge in [0.15, 0.2) is 0 Å². The molecule has 1 aromatic carbocycles. The Bertz CT molecular complexity index is 1240. The molecule has 29 heavy (non-hydrogen) atoms. The summed E-state index contributed by atoms with van der Waals surface area (Å²) in [5.74, 6) is 1.02. The monoisotopic (exact) mass is 388 g/mol. The van der Waals surface area contributed by atoms with E-state index < -0.39 is 0 Å². The van der Waals surface area contributed by atoms with Crippen molar-refractivity contribution in [3.63, 3.8) is 0 Å². The van der Waals surface area contributed by atoms with Crippen molar-refractivity contribution in [1.82, 2.24) is 19.4 Å². The van der Waals surface area contributed by atoms with Crippen molar-refractivity contribution in [2.75, 3.05) is 0 Å². The van der Waals surface area contributed by atoms with Gasteiger partial charge in [-0.1, -0.05) is 74.4 Å². The van der Waals surface area contributed by atoms with Gasteiger partial charge in [-0.2, -0.15) is 0 Å². The molecule has 0 atom stereocenters. The average Bonchev–Trinajstić information content (AvgIpc) is 2.96. The minimum atomic E-state index is -0.131. The molecule has 0 spiro atoms. The van der Waals surface area contributed by atoms with Crippen LogP contribution in [0.15, 0.2) is 30.5 Å². The highest BCUT2D eigenvalue weighted by atomic mass is 15.1. The highest BCUT2D eigenvalue weighted by Gasteiger charge is 2.27. The first kappa shape index (κ1) is 19.8. The van der Waals surface area contributed by atoms with Gasteiger partial charge in [0.25, 0.3) is 0 Å². The van der Waals surface area contributed by atoms with Gasteiger partial charge in [-0.15, -0.1) is 0 Å². The normalized spacial score (nSPS) is 13.7. The first-order valence-electron chi connectivity index (χ1n) is 10.4. The predicted octanol–water partition coefficient (Wildman–Crippen LogP) is 6.32. The minimum Gasteiger partial charge on any atom is -0.278 e. The third-order valence-corrected chi connectivity index (χ3v) is 5.49. The molecule has 0 N–H and O–H groups in total. The number of hydrogen-bond donors (Lipinski definition) is 0. The maximum atomic E-state index is 5.23. The number of aromatic nitrogens is 4. The number of hydrogen-bond acceptors (Lipinski definition) is 3. The van der Waals surface area contributed by atoms with Crippen LogP contribution >= 0.6 is 0 Å². The minimum absolute atomic E-state index is 0.00693. The van der Waals surface area contributed by atoms with Crippen molar-refractivity contribution in [1.29, 1.82) is 0 Å². The molecular weight excluding hydrogens is 356 g/mol. The average molecular weight is 389 g/mol. The van der Waals surface area contributed by atoms with Crippen LogP contribution in [-0.4, -0.2) is 19.4 Å². The van der Waals surface area contributed by atoms with Crippen LogP contribution in [0.1, 0.15) is 79.4 Å². The molecule has 4 rings (SSSR count). The molecule has 0 aliphatic carbocycles. The van der Waals surface area contributed by atoms with E-state index in [2.05, 4.69) is 91.0 Å². The van der Waals surface area contributed by atoms with Crippen molar-refractivity contribution in [2.45, 2.75) is 78.6 Å². The first-order chi connectivity index (χ1) is 13.3. The topological polar surface area (TPSA) is 43.1 Å². The number of pyridine rings is 1. The Hall–Kier alpha value is -2.49. The van der Waals surface area contributed by atoms with E-state index in [0.29, 0.717) is 0 Å². The highest BCUT2D eigenvalue weighted by Crippen LogP contribution is 2.35. The van der Waals surface area contributed by atoms with Gasteiger partial charge in [-0.25, -0.2) is 9.97 Å². The van der Waals surface area contributed by atoms with E-state index in [9.17, 15) is 0 Å². The second-order valence-electron chi connectivity index (χ2n) is 11.2. The second kappa shape index (κ2) is 6.01. The van der Waals surface area contributed by atoms with Crippen LogP contribution in [0, 0.1) is 0 Å². The van der Waals surface area contributed by atoms with Crippen LogP contribution in [0.4, 0.5) is 0 Å². The van der Waals surface area contributed by atoms with Crippen molar-refractivity contribution >= 4 is 27.6 Å². The smallest absolute Gasteiger partial charge is 0.148 e. The molecule has 4 aromatic rings. The lowest BCUT2D eigenvalue weighted by Gasteiger charge is -2.24. The zero-order chi connectivity index (χ0) is 21.4. The Morgan fingerprint density at radius 2 is 1.48 bits per heavy atom. The molecule has 3 aromatic heterocycles. The molecule has 0 aliphatic rings. The van der Waals surface area contributed by atoms with E-state index in [1.807, 2.05) is 6.20 Å². The van der Waals surface area contributed by atoms with Gasteiger partial charge in [0.1, 0.15) is 11.5 Å². The molecular formula is C25H32N4. The van der Waals surface area contributed by atoms with Gasteiger partial charge in [-0.05, 0) is 23.1 Å². The Balaban J connectivity index is 2.22. The van der Waals surface area contributed by atoms with Gasteiger partial charge >= 0.3 is 0 Å². The first-order valence-corrected chi connectivity index (χ1v) is 10.4. The summed E-state index contributed by atoms with van der Waals surface area (Å²) in [7, 11) is 0. The van der Waals surface area contributed by atoms with E-state index in [1.54, 1.807) is 0 Å². The molecule has 4 heteroatoms. The molecule has 0 fully saturated rings. The number of fused-ring (bicyclic) bond motifs is 5. The third kappa shape index (κ3) is 3.19. The van der Waals surface area contributed by atoms with Crippen LogP contribution in [0.2, 0.25) is 0 Å². The third-order valence-electron chi connectivity index (χ3n) is 5.49. The maximum Gasteiger partial charge on any atom is 0.148 e. The van der Waals surface area contributed by atoms with Gasteiger partial charge in [-0.3, -0.25) is 9.38 Å². The SMILES string of the molecule is CC(C)(C)c1cc2nc3c4cccc(C(C)(C)C)c4nc(C(C)(C)C)n3c2cn1. The summed E-state index contributed by atoms with van der Waals surface area (Å²) in [5, 5.41) is 1.10. The van der Waals surface area contributed by atoms with Crippen molar-refractivity contribution < 1.29 is 0 Å². The Labute approximate surface area is 173 Å². The van der Waals surface area contributed by atoms with Crippen LogP contribution < -0.4 is 0 Å². The second-order valence-corrected chi connectivity index (χ2v) is 11.2. The van der Waals surface area contributed by atoms with Crippen molar-refractivity contribution in [2.24, 2.45) is 0 Å². The number of rotatable bonds is 0. The number of imidazole rings is 1. The van der Waals surface area contributed by atoms with Crippen LogP contribution in [0.25, 0.3) is 27.6 Å². The van der Waals surface area contributed by atoms with Crippen LogP contribution in [0.5, 0.6) is 0 Å². The fraction of sp³-hybridized carbons (Fsp3) is 0.480. The molecule has 4 nitrogen and oxygen atoms in total. The highest BCUT2D eigenvalue weighted by molar-refractivity contribution is 5.98. The molecule has 152 valence electrons. The molecule has 0 radical (unpaired) electrons. The summed E-state index contributed by atoms with van der Waals surface area (Å²) in [5.41, 5.74) is 6.18. The predicted molar refractivity (Wildman–Crippen MR) is 122 cm³/mol. The number of nitrogens with zero attached hydrogens (tertiary/aromatic N) is 4. The lowest BCUT2D eigenvalue weighted by atomic mass is 9.85. The fourth-order valence-electron chi connectivity index (χ4n) is 3.89.